The Morgan fingerprint density at radius 3 is 2.00 bits per heavy atom. The second-order valence-electron chi connectivity index (χ2n) is 4.27. The van der Waals surface area contributed by atoms with Gasteiger partial charge in [0.2, 0.25) is 10.0 Å². The topological polar surface area (TPSA) is 92.3 Å². The Morgan fingerprint density at radius 2 is 1.45 bits per heavy atom. The maximum absolute atomic E-state index is 12.2. The maximum Gasteiger partial charge on any atom is 0.263 e. The molecular formula is C13H13ClN2O4S2. The lowest BCUT2D eigenvalue weighted by molar-refractivity contribution is 0.588. The van der Waals surface area contributed by atoms with Crippen LogP contribution in [0.5, 0.6) is 0 Å². The van der Waals surface area contributed by atoms with Crippen LogP contribution < -0.4 is 9.44 Å². The van der Waals surface area contributed by atoms with Crippen LogP contribution in [-0.2, 0) is 20.0 Å². The summed E-state index contributed by atoms with van der Waals surface area (Å²) in [7, 11) is -6.12. The van der Waals surface area contributed by atoms with Crippen LogP contribution in [0.2, 0.25) is 5.02 Å². The zero-order chi connectivity index (χ0) is 16.4. The monoisotopic (exact) mass is 360 g/mol. The molecule has 2 aromatic rings. The van der Waals surface area contributed by atoms with Crippen molar-refractivity contribution in [2.24, 2.45) is 0 Å². The van der Waals surface area contributed by atoms with E-state index in [9.17, 15) is 16.8 Å². The normalized spacial score (nSPS) is 12.1. The molecule has 0 amide bonds. The SMILES string of the molecule is CNS(=O)(=O)c1ccc(NS(=O)(=O)c2ccccc2Cl)cc1. The molecule has 0 saturated carbocycles. The number of hydrogen-bond donors (Lipinski definition) is 2. The van der Waals surface area contributed by atoms with E-state index in [0.717, 1.165) is 0 Å². The Bertz CT molecular complexity index is 879. The zero-order valence-corrected chi connectivity index (χ0v) is 13.8. The van der Waals surface area contributed by atoms with E-state index in [0.29, 0.717) is 0 Å². The zero-order valence-electron chi connectivity index (χ0n) is 11.4. The summed E-state index contributed by atoms with van der Waals surface area (Å²) in [4.78, 5) is -0.0146. The van der Waals surface area contributed by atoms with Crippen LogP contribution in [0.15, 0.2) is 58.3 Å². The summed E-state index contributed by atoms with van der Waals surface area (Å²) in [5, 5.41) is 0.101. The van der Waals surface area contributed by atoms with E-state index >= 15 is 0 Å². The Hall–Kier alpha value is -1.61. The van der Waals surface area contributed by atoms with Crippen LogP contribution in [0.25, 0.3) is 0 Å². The van der Waals surface area contributed by atoms with Crippen LogP contribution >= 0.6 is 11.6 Å². The van der Waals surface area contributed by atoms with E-state index in [-0.39, 0.29) is 20.5 Å². The first kappa shape index (κ1) is 16.8. The van der Waals surface area contributed by atoms with Crippen molar-refractivity contribution in [1.82, 2.24) is 4.72 Å². The lowest BCUT2D eigenvalue weighted by atomic mass is 10.3. The van der Waals surface area contributed by atoms with Crippen LogP contribution in [0.4, 0.5) is 5.69 Å². The molecule has 2 N–H and O–H groups in total. The summed E-state index contributed by atoms with van der Waals surface area (Å²) in [6.07, 6.45) is 0. The molecular weight excluding hydrogens is 348 g/mol. The highest BCUT2D eigenvalue weighted by Crippen LogP contribution is 2.23. The first-order valence-corrected chi connectivity index (χ1v) is 9.42. The van der Waals surface area contributed by atoms with Crippen molar-refractivity contribution in [3.8, 4) is 0 Å². The minimum atomic E-state index is -3.84. The fourth-order valence-corrected chi connectivity index (χ4v) is 4.00. The number of rotatable bonds is 5. The van der Waals surface area contributed by atoms with Crippen molar-refractivity contribution in [3.05, 3.63) is 53.6 Å². The van der Waals surface area contributed by atoms with Gasteiger partial charge in [-0.1, -0.05) is 23.7 Å². The van der Waals surface area contributed by atoms with Crippen molar-refractivity contribution in [3.63, 3.8) is 0 Å². The van der Waals surface area contributed by atoms with Gasteiger partial charge in [-0.3, -0.25) is 4.72 Å². The Kier molecular flexibility index (Phi) is 4.76. The molecule has 0 aliphatic rings. The average Bonchev–Trinajstić information content (AvgIpc) is 2.47. The second-order valence-corrected chi connectivity index (χ2v) is 8.21. The van der Waals surface area contributed by atoms with Crippen molar-refractivity contribution in [2.75, 3.05) is 11.8 Å². The van der Waals surface area contributed by atoms with Crippen molar-refractivity contribution < 1.29 is 16.8 Å². The number of benzene rings is 2. The van der Waals surface area contributed by atoms with E-state index in [1.54, 1.807) is 12.1 Å². The van der Waals surface area contributed by atoms with E-state index < -0.39 is 20.0 Å². The molecule has 0 radical (unpaired) electrons. The second kappa shape index (κ2) is 6.25. The average molecular weight is 361 g/mol. The number of nitrogens with one attached hydrogen (secondary N) is 2. The van der Waals surface area contributed by atoms with E-state index in [2.05, 4.69) is 9.44 Å². The minimum Gasteiger partial charge on any atom is -0.280 e. The van der Waals surface area contributed by atoms with E-state index in [1.807, 2.05) is 0 Å². The van der Waals surface area contributed by atoms with Gasteiger partial charge >= 0.3 is 0 Å². The highest BCUT2D eigenvalue weighted by atomic mass is 35.5. The number of sulfonamides is 2. The number of halogens is 1. The molecule has 22 heavy (non-hydrogen) atoms. The maximum atomic E-state index is 12.2. The van der Waals surface area contributed by atoms with Gasteiger partial charge in [0.1, 0.15) is 4.90 Å². The van der Waals surface area contributed by atoms with Gasteiger partial charge in [0.25, 0.3) is 10.0 Å². The van der Waals surface area contributed by atoms with Gasteiger partial charge < -0.3 is 0 Å². The first-order chi connectivity index (χ1) is 10.3. The Balaban J connectivity index is 2.30. The molecule has 0 bridgehead atoms. The van der Waals surface area contributed by atoms with E-state index in [4.69, 9.17) is 11.6 Å². The van der Waals surface area contributed by atoms with Gasteiger partial charge in [-0.15, -0.1) is 0 Å². The summed E-state index contributed by atoms with van der Waals surface area (Å²) in [6, 6.07) is 11.4. The van der Waals surface area contributed by atoms with E-state index in [1.165, 1.54) is 43.4 Å². The standard InChI is InChI=1S/C13H13ClN2O4S2/c1-15-21(17,18)11-8-6-10(7-9-11)16-22(19,20)13-5-3-2-4-12(13)14/h2-9,15-16H,1H3. The highest BCUT2D eigenvalue weighted by Gasteiger charge is 2.18. The van der Waals surface area contributed by atoms with Crippen LogP contribution in [0.1, 0.15) is 0 Å². The summed E-state index contributed by atoms with van der Waals surface area (Å²) >= 11 is 5.87. The Morgan fingerprint density at radius 1 is 0.864 bits per heavy atom. The predicted molar refractivity (Wildman–Crippen MR) is 84.9 cm³/mol. The van der Waals surface area contributed by atoms with Crippen molar-refractivity contribution in [2.45, 2.75) is 9.79 Å². The van der Waals surface area contributed by atoms with Crippen molar-refractivity contribution >= 4 is 37.3 Å². The summed E-state index contributed by atoms with van der Waals surface area (Å²) in [5.41, 5.74) is 0.231. The molecule has 0 spiro atoms. The number of anilines is 1. The third-order valence-electron chi connectivity index (χ3n) is 2.81. The molecule has 0 unspecified atom stereocenters. The molecule has 118 valence electrons. The third kappa shape index (κ3) is 3.58. The summed E-state index contributed by atoms with van der Waals surface area (Å²) < 4.78 is 52.2. The predicted octanol–water partition coefficient (Wildman–Crippen LogP) is 2.05. The van der Waals surface area contributed by atoms with Gasteiger partial charge in [-0.25, -0.2) is 21.6 Å². The summed E-state index contributed by atoms with van der Waals surface area (Å²) in [6.45, 7) is 0. The van der Waals surface area contributed by atoms with Gasteiger partial charge in [0, 0.05) is 5.69 Å². The molecule has 0 aliphatic carbocycles. The van der Waals surface area contributed by atoms with Gasteiger partial charge in [-0.2, -0.15) is 0 Å². The lowest BCUT2D eigenvalue weighted by Crippen LogP contribution is -2.18. The first-order valence-electron chi connectivity index (χ1n) is 6.07. The molecule has 9 heteroatoms. The molecule has 0 aliphatic heterocycles. The minimum absolute atomic E-state index is 0.0377. The largest absolute Gasteiger partial charge is 0.280 e. The lowest BCUT2D eigenvalue weighted by Gasteiger charge is -2.10. The van der Waals surface area contributed by atoms with Crippen LogP contribution in [-0.4, -0.2) is 23.9 Å². The number of hydrogen-bond acceptors (Lipinski definition) is 4. The van der Waals surface area contributed by atoms with Crippen molar-refractivity contribution in [1.29, 1.82) is 0 Å². The molecule has 6 nitrogen and oxygen atoms in total. The molecule has 2 aromatic carbocycles. The molecule has 0 saturated heterocycles. The fourth-order valence-electron chi connectivity index (χ4n) is 1.69. The quantitative estimate of drug-likeness (QED) is 0.853. The van der Waals surface area contributed by atoms with Gasteiger partial charge in [0.05, 0.1) is 9.92 Å². The fraction of sp³-hybridized carbons (Fsp3) is 0.0769. The van der Waals surface area contributed by atoms with Gasteiger partial charge in [-0.05, 0) is 43.4 Å². The molecule has 2 rings (SSSR count). The third-order valence-corrected chi connectivity index (χ3v) is 6.12. The summed E-state index contributed by atoms with van der Waals surface area (Å²) in [5.74, 6) is 0. The highest BCUT2D eigenvalue weighted by molar-refractivity contribution is 7.92. The molecule has 0 fully saturated rings. The Labute approximate surface area is 134 Å². The molecule has 0 atom stereocenters. The molecule has 0 heterocycles. The van der Waals surface area contributed by atoms with Crippen LogP contribution in [0.3, 0.4) is 0 Å². The smallest absolute Gasteiger partial charge is 0.263 e. The van der Waals surface area contributed by atoms with Gasteiger partial charge in [0.15, 0.2) is 0 Å². The molecule has 0 aromatic heterocycles. The van der Waals surface area contributed by atoms with Crippen LogP contribution in [0, 0.1) is 0 Å².